The molecule has 0 aliphatic rings. The van der Waals surface area contributed by atoms with Gasteiger partial charge in [-0.1, -0.05) is 22.8 Å². The quantitative estimate of drug-likeness (QED) is 0.449. The molecule has 8 heteroatoms. The lowest BCUT2D eigenvalue weighted by atomic mass is 10.2. The number of benzene rings is 1. The van der Waals surface area contributed by atoms with Crippen LogP contribution in [0.25, 0.3) is 15.9 Å². The lowest BCUT2D eigenvalue weighted by molar-refractivity contribution is 0.0477. The van der Waals surface area contributed by atoms with Crippen molar-refractivity contribution in [3.63, 3.8) is 0 Å². The second-order valence-electron chi connectivity index (χ2n) is 6.19. The van der Waals surface area contributed by atoms with Crippen LogP contribution in [0.3, 0.4) is 0 Å². The average Bonchev–Trinajstić information content (AvgIpc) is 3.29. The van der Waals surface area contributed by atoms with E-state index in [1.54, 1.807) is 11.6 Å². The highest BCUT2D eigenvalue weighted by atomic mass is 35.5. The van der Waals surface area contributed by atoms with Gasteiger partial charge in [0.15, 0.2) is 0 Å². The largest absolute Gasteiger partial charge is 0.456 e. The number of halogens is 1. The van der Waals surface area contributed by atoms with Gasteiger partial charge in [0, 0.05) is 10.4 Å². The summed E-state index contributed by atoms with van der Waals surface area (Å²) in [6.07, 6.45) is 0. The number of rotatable bonds is 4. The first-order valence-corrected chi connectivity index (χ1v) is 9.47. The third kappa shape index (κ3) is 3.24. The van der Waals surface area contributed by atoms with E-state index in [2.05, 4.69) is 10.3 Å². The van der Waals surface area contributed by atoms with Crippen LogP contribution in [0.2, 0.25) is 5.02 Å². The molecule has 4 rings (SSSR count). The molecule has 27 heavy (non-hydrogen) atoms. The zero-order valence-electron chi connectivity index (χ0n) is 14.9. The average molecular weight is 402 g/mol. The lowest BCUT2D eigenvalue weighted by Gasteiger charge is -2.03. The van der Waals surface area contributed by atoms with Crippen LogP contribution >= 0.6 is 22.9 Å². The third-order valence-corrected chi connectivity index (χ3v) is 5.65. The molecule has 138 valence electrons. The van der Waals surface area contributed by atoms with Gasteiger partial charge in [-0.05, 0) is 45.0 Å². The van der Waals surface area contributed by atoms with E-state index in [9.17, 15) is 4.79 Å². The van der Waals surface area contributed by atoms with Crippen molar-refractivity contribution in [2.45, 2.75) is 27.4 Å². The smallest absolute Gasteiger partial charge is 0.348 e. The molecule has 0 fully saturated rings. The van der Waals surface area contributed by atoms with Gasteiger partial charge in [-0.15, -0.1) is 11.3 Å². The Bertz CT molecular complexity index is 1140. The topological polar surface area (TPSA) is 70.2 Å². The highest BCUT2D eigenvalue weighted by molar-refractivity contribution is 7.20. The maximum Gasteiger partial charge on any atom is 0.348 e. The maximum atomic E-state index is 12.5. The van der Waals surface area contributed by atoms with Gasteiger partial charge in [0.1, 0.15) is 22.1 Å². The van der Waals surface area contributed by atoms with Crippen molar-refractivity contribution in [3.8, 4) is 5.69 Å². The van der Waals surface area contributed by atoms with Crippen molar-refractivity contribution in [2.75, 3.05) is 0 Å². The summed E-state index contributed by atoms with van der Waals surface area (Å²) in [7, 11) is 0. The summed E-state index contributed by atoms with van der Waals surface area (Å²) in [4.78, 5) is 13.9. The molecule has 0 amide bonds. The molecule has 0 spiro atoms. The van der Waals surface area contributed by atoms with Crippen LogP contribution in [0.15, 0.2) is 34.9 Å². The number of thiophene rings is 1. The highest BCUT2D eigenvalue weighted by Gasteiger charge is 2.19. The number of carbonyl (C=O) groups excluding carboxylic acids is 1. The first-order valence-electron chi connectivity index (χ1n) is 8.28. The fourth-order valence-electron chi connectivity index (χ4n) is 2.85. The molecule has 0 aliphatic carbocycles. The number of esters is 1. The van der Waals surface area contributed by atoms with Crippen molar-refractivity contribution < 1.29 is 14.1 Å². The van der Waals surface area contributed by atoms with Crippen LogP contribution in [0.1, 0.15) is 32.4 Å². The Morgan fingerprint density at radius 3 is 2.78 bits per heavy atom. The molecular weight excluding hydrogens is 386 g/mol. The molecular formula is C19H16ClN3O3S. The Kier molecular flexibility index (Phi) is 4.49. The van der Waals surface area contributed by atoms with Gasteiger partial charge in [-0.3, -0.25) is 0 Å². The fourth-order valence-corrected chi connectivity index (χ4v) is 4.11. The van der Waals surface area contributed by atoms with Crippen molar-refractivity contribution in [3.05, 3.63) is 62.9 Å². The van der Waals surface area contributed by atoms with Crippen molar-refractivity contribution in [1.29, 1.82) is 0 Å². The minimum Gasteiger partial charge on any atom is -0.456 e. The van der Waals surface area contributed by atoms with E-state index >= 15 is 0 Å². The molecule has 3 aromatic heterocycles. The Balaban J connectivity index is 1.63. The van der Waals surface area contributed by atoms with Crippen LogP contribution in [0.4, 0.5) is 0 Å². The van der Waals surface area contributed by atoms with Gasteiger partial charge >= 0.3 is 5.97 Å². The third-order valence-electron chi connectivity index (χ3n) is 4.33. The van der Waals surface area contributed by atoms with E-state index in [4.69, 9.17) is 20.9 Å². The number of ether oxygens (including phenoxy) is 1. The molecule has 0 atom stereocenters. The lowest BCUT2D eigenvalue weighted by Crippen LogP contribution is -2.04. The molecule has 4 aromatic rings. The monoisotopic (exact) mass is 401 g/mol. The summed E-state index contributed by atoms with van der Waals surface area (Å²) in [5.41, 5.74) is 3.21. The molecule has 0 unspecified atom stereocenters. The minimum atomic E-state index is -0.381. The maximum absolute atomic E-state index is 12.5. The first kappa shape index (κ1) is 17.8. The van der Waals surface area contributed by atoms with Gasteiger partial charge in [-0.25, -0.2) is 9.48 Å². The van der Waals surface area contributed by atoms with Gasteiger partial charge in [0.2, 0.25) is 0 Å². The Hall–Kier alpha value is -2.64. The van der Waals surface area contributed by atoms with E-state index in [0.717, 1.165) is 32.9 Å². The van der Waals surface area contributed by atoms with E-state index in [0.29, 0.717) is 15.7 Å². The molecule has 0 radical (unpaired) electrons. The fraction of sp³-hybridized carbons (Fsp3) is 0.211. The molecule has 3 heterocycles. The van der Waals surface area contributed by atoms with Crippen LogP contribution in [-0.4, -0.2) is 20.9 Å². The number of aromatic nitrogens is 3. The standard InChI is InChI=1S/C19H16ClN3O3S/c1-10-15-8-17(19(24)25-9-16-11(2)22-26-12(16)3)27-18(15)23(21-10)14-6-4-5-13(20)7-14/h4-8H,9H2,1-3H3. The normalized spacial score (nSPS) is 11.3. The number of hydrogen-bond acceptors (Lipinski definition) is 6. The van der Waals surface area contributed by atoms with Crippen molar-refractivity contribution >= 4 is 39.1 Å². The number of carbonyl (C=O) groups is 1. The van der Waals surface area contributed by atoms with Gasteiger partial charge in [-0.2, -0.15) is 5.10 Å². The van der Waals surface area contributed by atoms with Crippen LogP contribution in [0, 0.1) is 20.8 Å². The predicted molar refractivity (Wildman–Crippen MR) is 104 cm³/mol. The highest BCUT2D eigenvalue weighted by Crippen LogP contribution is 2.31. The zero-order chi connectivity index (χ0) is 19.1. The minimum absolute atomic E-state index is 0.133. The van der Waals surface area contributed by atoms with Crippen molar-refractivity contribution in [1.82, 2.24) is 14.9 Å². The van der Waals surface area contributed by atoms with Gasteiger partial charge in [0.25, 0.3) is 0 Å². The van der Waals surface area contributed by atoms with Gasteiger partial charge < -0.3 is 9.26 Å². The van der Waals surface area contributed by atoms with Crippen molar-refractivity contribution in [2.24, 2.45) is 0 Å². The molecule has 6 nitrogen and oxygen atoms in total. The first-order chi connectivity index (χ1) is 12.9. The summed E-state index contributed by atoms with van der Waals surface area (Å²) >= 11 is 7.44. The van der Waals surface area contributed by atoms with Crippen LogP contribution in [0.5, 0.6) is 0 Å². The van der Waals surface area contributed by atoms with Gasteiger partial charge in [0.05, 0.1) is 22.6 Å². The molecule has 0 saturated heterocycles. The predicted octanol–water partition coefficient (Wildman–Crippen LogP) is 5.01. The second-order valence-corrected chi connectivity index (χ2v) is 7.65. The number of hydrogen-bond donors (Lipinski definition) is 0. The van der Waals surface area contributed by atoms with Crippen LogP contribution < -0.4 is 0 Å². The Morgan fingerprint density at radius 2 is 2.07 bits per heavy atom. The van der Waals surface area contributed by atoms with Crippen LogP contribution in [-0.2, 0) is 11.3 Å². The summed E-state index contributed by atoms with van der Waals surface area (Å²) < 4.78 is 12.4. The second kappa shape index (κ2) is 6.83. The summed E-state index contributed by atoms with van der Waals surface area (Å²) in [6, 6.07) is 9.26. The molecule has 0 aliphatic heterocycles. The molecule has 0 N–H and O–H groups in total. The van der Waals surface area contributed by atoms with E-state index in [1.807, 2.05) is 44.2 Å². The number of nitrogens with zero attached hydrogens (tertiary/aromatic N) is 3. The number of aryl methyl sites for hydroxylation is 3. The summed E-state index contributed by atoms with van der Waals surface area (Å²) in [5, 5.41) is 9.99. The zero-order valence-corrected chi connectivity index (χ0v) is 16.5. The molecule has 0 bridgehead atoms. The SMILES string of the molecule is Cc1noc(C)c1COC(=O)c1cc2c(C)nn(-c3cccc(Cl)c3)c2s1. The van der Waals surface area contributed by atoms with E-state index < -0.39 is 0 Å². The Morgan fingerprint density at radius 1 is 1.26 bits per heavy atom. The molecule has 1 aromatic carbocycles. The summed E-state index contributed by atoms with van der Waals surface area (Å²) in [6.45, 7) is 5.66. The van der Waals surface area contributed by atoms with E-state index in [-0.39, 0.29) is 12.6 Å². The summed E-state index contributed by atoms with van der Waals surface area (Å²) in [5.74, 6) is 0.275. The molecule has 0 saturated carbocycles. The van der Waals surface area contributed by atoms with E-state index in [1.165, 1.54) is 11.3 Å². The number of fused-ring (bicyclic) bond motifs is 1. The Labute approximate surface area is 164 Å².